The van der Waals surface area contributed by atoms with Gasteiger partial charge in [0.05, 0.1) is 7.11 Å². The molecule has 90 valence electrons. The van der Waals surface area contributed by atoms with Gasteiger partial charge in [-0.15, -0.1) is 0 Å². The SMILES string of the molecule is CCC(CO)CNCc1ccc(OC)cc1. The van der Waals surface area contributed by atoms with E-state index in [-0.39, 0.29) is 6.61 Å². The van der Waals surface area contributed by atoms with E-state index in [0.29, 0.717) is 5.92 Å². The fourth-order valence-electron chi connectivity index (χ4n) is 1.50. The van der Waals surface area contributed by atoms with Crippen LogP contribution in [0.5, 0.6) is 5.75 Å². The maximum Gasteiger partial charge on any atom is 0.118 e. The molecule has 0 saturated heterocycles. The van der Waals surface area contributed by atoms with E-state index in [2.05, 4.69) is 12.2 Å². The van der Waals surface area contributed by atoms with Crippen LogP contribution in [0.15, 0.2) is 24.3 Å². The number of aliphatic hydroxyl groups is 1. The van der Waals surface area contributed by atoms with Gasteiger partial charge in [0.1, 0.15) is 5.75 Å². The van der Waals surface area contributed by atoms with Gasteiger partial charge < -0.3 is 15.2 Å². The van der Waals surface area contributed by atoms with Crippen molar-refractivity contribution in [2.24, 2.45) is 5.92 Å². The maximum absolute atomic E-state index is 9.03. The van der Waals surface area contributed by atoms with Crippen molar-refractivity contribution in [2.75, 3.05) is 20.3 Å². The summed E-state index contributed by atoms with van der Waals surface area (Å²) in [6, 6.07) is 8.01. The monoisotopic (exact) mass is 223 g/mol. The zero-order chi connectivity index (χ0) is 11.8. The molecule has 16 heavy (non-hydrogen) atoms. The van der Waals surface area contributed by atoms with Crippen LogP contribution in [0.3, 0.4) is 0 Å². The van der Waals surface area contributed by atoms with Crippen molar-refractivity contribution in [3.05, 3.63) is 29.8 Å². The van der Waals surface area contributed by atoms with E-state index in [1.54, 1.807) is 7.11 Å². The molecule has 0 aliphatic heterocycles. The summed E-state index contributed by atoms with van der Waals surface area (Å²) in [4.78, 5) is 0. The lowest BCUT2D eigenvalue weighted by atomic mass is 10.1. The molecule has 0 aromatic heterocycles. The van der Waals surface area contributed by atoms with E-state index >= 15 is 0 Å². The summed E-state index contributed by atoms with van der Waals surface area (Å²) in [5.41, 5.74) is 1.23. The molecule has 0 aliphatic carbocycles. The van der Waals surface area contributed by atoms with E-state index < -0.39 is 0 Å². The molecule has 0 bridgehead atoms. The number of hydrogen-bond donors (Lipinski definition) is 2. The van der Waals surface area contributed by atoms with Gasteiger partial charge in [-0.1, -0.05) is 19.1 Å². The van der Waals surface area contributed by atoms with Crippen LogP contribution in [0.25, 0.3) is 0 Å². The Bertz CT molecular complexity index is 280. The molecule has 0 heterocycles. The number of ether oxygens (including phenoxy) is 1. The topological polar surface area (TPSA) is 41.5 Å². The zero-order valence-corrected chi connectivity index (χ0v) is 10.1. The van der Waals surface area contributed by atoms with Crippen molar-refractivity contribution in [1.82, 2.24) is 5.32 Å². The summed E-state index contributed by atoms with van der Waals surface area (Å²) in [6.45, 7) is 4.04. The first-order chi connectivity index (χ1) is 7.80. The van der Waals surface area contributed by atoms with Crippen molar-refractivity contribution in [3.63, 3.8) is 0 Å². The molecule has 1 rings (SSSR count). The third kappa shape index (κ3) is 4.21. The zero-order valence-electron chi connectivity index (χ0n) is 10.1. The average Bonchev–Trinajstić information content (AvgIpc) is 2.35. The van der Waals surface area contributed by atoms with Crippen molar-refractivity contribution in [3.8, 4) is 5.75 Å². The molecule has 0 aliphatic rings. The van der Waals surface area contributed by atoms with Crippen LogP contribution in [0.2, 0.25) is 0 Å². The van der Waals surface area contributed by atoms with Gasteiger partial charge in [0, 0.05) is 19.7 Å². The lowest BCUT2D eigenvalue weighted by molar-refractivity contribution is 0.218. The quantitative estimate of drug-likeness (QED) is 0.740. The molecular formula is C13H21NO2. The smallest absolute Gasteiger partial charge is 0.118 e. The Morgan fingerprint density at radius 2 is 2.00 bits per heavy atom. The Morgan fingerprint density at radius 3 is 2.50 bits per heavy atom. The Hall–Kier alpha value is -1.06. The highest BCUT2D eigenvalue weighted by molar-refractivity contribution is 5.26. The lowest BCUT2D eigenvalue weighted by Crippen LogP contribution is -2.24. The second kappa shape index (κ2) is 7.25. The summed E-state index contributed by atoms with van der Waals surface area (Å²) >= 11 is 0. The third-order valence-corrected chi connectivity index (χ3v) is 2.76. The van der Waals surface area contributed by atoms with Crippen molar-refractivity contribution < 1.29 is 9.84 Å². The Balaban J connectivity index is 2.31. The van der Waals surface area contributed by atoms with E-state index in [0.717, 1.165) is 25.3 Å². The highest BCUT2D eigenvalue weighted by Gasteiger charge is 2.03. The van der Waals surface area contributed by atoms with Crippen LogP contribution in [0.1, 0.15) is 18.9 Å². The molecule has 2 N–H and O–H groups in total. The maximum atomic E-state index is 9.03. The molecule has 0 amide bonds. The lowest BCUT2D eigenvalue weighted by Gasteiger charge is -2.12. The molecule has 3 nitrogen and oxygen atoms in total. The van der Waals surface area contributed by atoms with Crippen LogP contribution in [0, 0.1) is 5.92 Å². The van der Waals surface area contributed by atoms with Gasteiger partial charge in [0.2, 0.25) is 0 Å². The number of nitrogens with one attached hydrogen (secondary N) is 1. The fraction of sp³-hybridized carbons (Fsp3) is 0.538. The first-order valence-corrected chi connectivity index (χ1v) is 5.74. The molecule has 0 spiro atoms. The summed E-state index contributed by atoms with van der Waals surface area (Å²) in [5, 5.41) is 12.4. The number of hydrogen-bond acceptors (Lipinski definition) is 3. The molecule has 1 unspecified atom stereocenters. The first-order valence-electron chi connectivity index (χ1n) is 5.74. The molecule has 1 atom stereocenters. The van der Waals surface area contributed by atoms with Gasteiger partial charge in [-0.3, -0.25) is 0 Å². The minimum absolute atomic E-state index is 0.256. The minimum Gasteiger partial charge on any atom is -0.497 e. The highest BCUT2D eigenvalue weighted by atomic mass is 16.5. The highest BCUT2D eigenvalue weighted by Crippen LogP contribution is 2.11. The fourth-order valence-corrected chi connectivity index (χ4v) is 1.50. The third-order valence-electron chi connectivity index (χ3n) is 2.76. The van der Waals surface area contributed by atoms with E-state index in [1.807, 2.05) is 24.3 Å². The second-order valence-electron chi connectivity index (χ2n) is 3.94. The van der Waals surface area contributed by atoms with Crippen LogP contribution in [0.4, 0.5) is 0 Å². The molecule has 1 aromatic carbocycles. The van der Waals surface area contributed by atoms with Gasteiger partial charge in [-0.2, -0.15) is 0 Å². The van der Waals surface area contributed by atoms with Crippen molar-refractivity contribution >= 4 is 0 Å². The second-order valence-corrected chi connectivity index (χ2v) is 3.94. The molecule has 0 saturated carbocycles. The Labute approximate surface area is 97.4 Å². The average molecular weight is 223 g/mol. The predicted molar refractivity (Wildman–Crippen MR) is 65.6 cm³/mol. The minimum atomic E-state index is 0.256. The molecule has 0 radical (unpaired) electrons. The van der Waals surface area contributed by atoms with Gasteiger partial charge in [0.15, 0.2) is 0 Å². The molecule has 0 fully saturated rings. The van der Waals surface area contributed by atoms with Crippen molar-refractivity contribution in [1.29, 1.82) is 0 Å². The number of benzene rings is 1. The van der Waals surface area contributed by atoms with Crippen molar-refractivity contribution in [2.45, 2.75) is 19.9 Å². The number of methoxy groups -OCH3 is 1. The largest absolute Gasteiger partial charge is 0.497 e. The Kier molecular flexibility index (Phi) is 5.90. The number of aliphatic hydroxyl groups excluding tert-OH is 1. The van der Waals surface area contributed by atoms with Gasteiger partial charge >= 0.3 is 0 Å². The van der Waals surface area contributed by atoms with E-state index in [4.69, 9.17) is 9.84 Å². The molecule has 3 heteroatoms. The van der Waals surface area contributed by atoms with Crippen LogP contribution in [-0.4, -0.2) is 25.4 Å². The van der Waals surface area contributed by atoms with E-state index in [1.165, 1.54) is 5.56 Å². The summed E-state index contributed by atoms with van der Waals surface area (Å²) in [7, 11) is 1.67. The molecular weight excluding hydrogens is 202 g/mol. The van der Waals surface area contributed by atoms with Gasteiger partial charge in [-0.05, 0) is 30.0 Å². The van der Waals surface area contributed by atoms with Crippen LogP contribution >= 0.6 is 0 Å². The predicted octanol–water partition coefficient (Wildman–Crippen LogP) is 1.80. The summed E-state index contributed by atoms with van der Waals surface area (Å²) in [5.74, 6) is 1.24. The normalized spacial score (nSPS) is 12.4. The van der Waals surface area contributed by atoms with E-state index in [9.17, 15) is 0 Å². The van der Waals surface area contributed by atoms with Gasteiger partial charge in [0.25, 0.3) is 0 Å². The Morgan fingerprint density at radius 1 is 1.31 bits per heavy atom. The first kappa shape index (κ1) is 13.0. The van der Waals surface area contributed by atoms with Crippen LogP contribution in [-0.2, 0) is 6.54 Å². The van der Waals surface area contributed by atoms with Gasteiger partial charge in [-0.25, -0.2) is 0 Å². The summed E-state index contributed by atoms with van der Waals surface area (Å²) in [6.07, 6.45) is 1.01. The summed E-state index contributed by atoms with van der Waals surface area (Å²) < 4.78 is 5.09. The van der Waals surface area contributed by atoms with Crippen LogP contribution < -0.4 is 10.1 Å². The standard InChI is InChI=1S/C13H21NO2/c1-3-11(10-15)8-14-9-12-4-6-13(16-2)7-5-12/h4-7,11,14-15H,3,8-10H2,1-2H3. The molecule has 1 aromatic rings. The number of rotatable bonds is 7.